The molecule has 0 saturated carbocycles. The fourth-order valence-electron chi connectivity index (χ4n) is 2.39. The van der Waals surface area contributed by atoms with Crippen LogP contribution in [0.15, 0.2) is 54.3 Å². The van der Waals surface area contributed by atoms with Crippen LogP contribution >= 0.6 is 0 Å². The van der Waals surface area contributed by atoms with E-state index < -0.39 is 24.2 Å². The number of hydrogen-bond donors (Lipinski definition) is 2. The van der Waals surface area contributed by atoms with E-state index in [0.717, 1.165) is 0 Å². The highest BCUT2D eigenvalue weighted by Crippen LogP contribution is 2.19. The van der Waals surface area contributed by atoms with Crippen molar-refractivity contribution < 1.29 is 19.0 Å². The van der Waals surface area contributed by atoms with Crippen molar-refractivity contribution in [2.75, 3.05) is 6.61 Å². The van der Waals surface area contributed by atoms with Gasteiger partial charge in [-0.25, -0.2) is 9.37 Å². The van der Waals surface area contributed by atoms with E-state index in [1.807, 2.05) is 12.1 Å². The summed E-state index contributed by atoms with van der Waals surface area (Å²) in [6.07, 6.45) is -0.271. The summed E-state index contributed by atoms with van der Waals surface area (Å²) in [5.74, 6) is -1.49. The van der Waals surface area contributed by atoms with Crippen LogP contribution in [0.5, 0.6) is 0 Å². The van der Waals surface area contributed by atoms with Crippen LogP contribution in [0.1, 0.15) is 11.4 Å². The minimum Gasteiger partial charge on any atom is -0.507 e. The second-order valence-electron chi connectivity index (χ2n) is 5.46. The number of ether oxygens (including phenoxy) is 1. The fraction of sp³-hybridized carbons (Fsp3) is 0.105. The maximum Gasteiger partial charge on any atom is 0.310 e. The monoisotopic (exact) mass is 351 g/mol. The number of H-pyrrole nitrogens is 1. The largest absolute Gasteiger partial charge is 0.507 e. The van der Waals surface area contributed by atoms with Gasteiger partial charge in [-0.15, -0.1) is 0 Å². The molecular formula is C19H14FN3O3. The Morgan fingerprint density at radius 2 is 1.96 bits per heavy atom. The zero-order valence-electron chi connectivity index (χ0n) is 13.6. The van der Waals surface area contributed by atoms with Crippen molar-refractivity contribution in [3.63, 3.8) is 0 Å². The Morgan fingerprint density at radius 1 is 1.23 bits per heavy atom. The molecular weight excluding hydrogens is 337 g/mol. The number of aromatic nitrogens is 2. The smallest absolute Gasteiger partial charge is 0.310 e. The first kappa shape index (κ1) is 17.2. The van der Waals surface area contributed by atoms with Gasteiger partial charge in [0.15, 0.2) is 11.6 Å². The third kappa shape index (κ3) is 3.70. The van der Waals surface area contributed by atoms with Crippen molar-refractivity contribution in [3.05, 3.63) is 71.5 Å². The minimum absolute atomic E-state index is 0.125. The number of benzene rings is 2. The molecule has 0 aliphatic rings. The number of aromatic amines is 1. The van der Waals surface area contributed by atoms with Gasteiger partial charge in [0.05, 0.1) is 17.5 Å². The number of carbonyl (C=O) groups is 1. The molecule has 0 fully saturated rings. The summed E-state index contributed by atoms with van der Waals surface area (Å²) in [6.45, 7) is -0.507. The van der Waals surface area contributed by atoms with Gasteiger partial charge in [0.1, 0.15) is 24.1 Å². The predicted molar refractivity (Wildman–Crippen MR) is 92.3 cm³/mol. The van der Waals surface area contributed by atoms with E-state index >= 15 is 0 Å². The normalized spacial score (nSPS) is 11.7. The summed E-state index contributed by atoms with van der Waals surface area (Å²) in [5.41, 5.74) is 1.41. The summed E-state index contributed by atoms with van der Waals surface area (Å²) >= 11 is 0. The van der Waals surface area contributed by atoms with Crippen molar-refractivity contribution in [1.29, 1.82) is 5.26 Å². The van der Waals surface area contributed by atoms with E-state index in [1.165, 1.54) is 18.2 Å². The zero-order valence-corrected chi connectivity index (χ0v) is 13.6. The van der Waals surface area contributed by atoms with Crippen LogP contribution in [0.2, 0.25) is 0 Å². The number of hydrogen-bond acceptors (Lipinski definition) is 5. The molecule has 3 aromatic rings. The van der Waals surface area contributed by atoms with E-state index in [0.29, 0.717) is 11.0 Å². The highest BCUT2D eigenvalue weighted by molar-refractivity contribution is 5.83. The lowest BCUT2D eigenvalue weighted by molar-refractivity contribution is -0.142. The van der Waals surface area contributed by atoms with Gasteiger partial charge in [0.25, 0.3) is 0 Å². The standard InChI is InChI=1S/C19H14FN3O3/c20-14-6-2-1-5-12(14)9-18(25)26-11-17(24)13(10-21)19-22-15-7-3-4-8-16(15)23-19/h1-8,24H,9,11H2,(H,22,23). The van der Waals surface area contributed by atoms with Gasteiger partial charge in [0.2, 0.25) is 0 Å². The number of allylic oxidation sites excluding steroid dienone is 1. The lowest BCUT2D eigenvalue weighted by atomic mass is 10.1. The van der Waals surface area contributed by atoms with E-state index in [2.05, 4.69) is 9.97 Å². The number of halogens is 1. The number of para-hydroxylation sites is 2. The number of esters is 1. The SMILES string of the molecule is N#CC(=C(O)COC(=O)Cc1ccccc1F)c1nc2ccccc2[nH]1. The first-order valence-corrected chi connectivity index (χ1v) is 7.75. The molecule has 6 nitrogen and oxygen atoms in total. The van der Waals surface area contributed by atoms with Crippen molar-refractivity contribution in [3.8, 4) is 6.07 Å². The molecule has 0 unspecified atom stereocenters. The number of nitriles is 1. The second-order valence-corrected chi connectivity index (χ2v) is 5.46. The van der Waals surface area contributed by atoms with Crippen molar-refractivity contribution >= 4 is 22.6 Å². The highest BCUT2D eigenvalue weighted by Gasteiger charge is 2.15. The van der Waals surface area contributed by atoms with Gasteiger partial charge in [-0.2, -0.15) is 5.26 Å². The van der Waals surface area contributed by atoms with Gasteiger partial charge < -0.3 is 14.8 Å². The fourth-order valence-corrected chi connectivity index (χ4v) is 2.39. The number of imidazole rings is 1. The molecule has 0 bridgehead atoms. The first-order valence-electron chi connectivity index (χ1n) is 7.75. The van der Waals surface area contributed by atoms with E-state index in [9.17, 15) is 19.6 Å². The van der Waals surface area contributed by atoms with Crippen LogP contribution in [0.3, 0.4) is 0 Å². The first-order chi connectivity index (χ1) is 12.6. The summed E-state index contributed by atoms with van der Waals surface area (Å²) in [4.78, 5) is 19.0. The van der Waals surface area contributed by atoms with E-state index in [4.69, 9.17) is 4.74 Å². The highest BCUT2D eigenvalue weighted by atomic mass is 19.1. The summed E-state index contributed by atoms with van der Waals surface area (Å²) in [6, 6.07) is 14.8. The minimum atomic E-state index is -0.719. The predicted octanol–water partition coefficient (Wildman–Crippen LogP) is 3.28. The van der Waals surface area contributed by atoms with Crippen LogP contribution < -0.4 is 0 Å². The van der Waals surface area contributed by atoms with Crippen LogP contribution in [-0.2, 0) is 16.0 Å². The summed E-state index contributed by atoms with van der Waals surface area (Å²) < 4.78 is 18.5. The maximum absolute atomic E-state index is 13.5. The number of rotatable bonds is 5. The molecule has 3 rings (SSSR count). The average molecular weight is 351 g/mol. The van der Waals surface area contributed by atoms with E-state index in [-0.39, 0.29) is 23.4 Å². The number of nitrogens with one attached hydrogen (secondary N) is 1. The molecule has 1 aromatic heterocycles. The molecule has 2 aromatic carbocycles. The Kier molecular flexibility index (Phi) is 4.94. The molecule has 0 amide bonds. The molecule has 0 atom stereocenters. The van der Waals surface area contributed by atoms with Crippen molar-refractivity contribution in [1.82, 2.24) is 9.97 Å². The second kappa shape index (κ2) is 7.49. The Labute approximate surface area is 148 Å². The molecule has 0 aliphatic carbocycles. The topological polar surface area (TPSA) is 99.0 Å². The Morgan fingerprint density at radius 3 is 2.69 bits per heavy atom. The van der Waals surface area contributed by atoms with E-state index in [1.54, 1.807) is 24.3 Å². The molecule has 2 N–H and O–H groups in total. The van der Waals surface area contributed by atoms with Gasteiger partial charge >= 0.3 is 5.97 Å². The van der Waals surface area contributed by atoms with Gasteiger partial charge in [0, 0.05) is 0 Å². The average Bonchev–Trinajstić information content (AvgIpc) is 3.06. The van der Waals surface area contributed by atoms with Crippen molar-refractivity contribution in [2.45, 2.75) is 6.42 Å². The third-order valence-corrected chi connectivity index (χ3v) is 3.69. The Hall–Kier alpha value is -3.66. The molecule has 26 heavy (non-hydrogen) atoms. The molecule has 1 heterocycles. The van der Waals surface area contributed by atoms with Gasteiger partial charge in [-0.05, 0) is 23.8 Å². The maximum atomic E-state index is 13.5. The van der Waals surface area contributed by atoms with Crippen LogP contribution in [0.4, 0.5) is 4.39 Å². The number of aliphatic hydroxyl groups excluding tert-OH is 1. The number of fused-ring (bicyclic) bond motifs is 1. The number of carbonyl (C=O) groups excluding carboxylic acids is 1. The summed E-state index contributed by atoms with van der Waals surface area (Å²) in [5, 5.41) is 19.4. The molecule has 0 radical (unpaired) electrons. The van der Waals surface area contributed by atoms with Gasteiger partial charge in [-0.1, -0.05) is 30.3 Å². The lowest BCUT2D eigenvalue weighted by Gasteiger charge is -2.06. The summed E-state index contributed by atoms with van der Waals surface area (Å²) in [7, 11) is 0. The molecule has 130 valence electrons. The molecule has 7 heteroatoms. The van der Waals surface area contributed by atoms with Crippen LogP contribution in [0.25, 0.3) is 16.6 Å². The quantitative estimate of drug-likeness (QED) is 0.417. The number of nitrogens with zero attached hydrogens (tertiary/aromatic N) is 2. The van der Waals surface area contributed by atoms with Crippen LogP contribution in [0, 0.1) is 17.1 Å². The lowest BCUT2D eigenvalue weighted by Crippen LogP contribution is -2.12. The molecule has 0 aliphatic heterocycles. The Bertz CT molecular complexity index is 1000. The van der Waals surface area contributed by atoms with Gasteiger partial charge in [-0.3, -0.25) is 4.79 Å². The molecule has 0 saturated heterocycles. The van der Waals surface area contributed by atoms with Crippen molar-refractivity contribution in [2.24, 2.45) is 0 Å². The third-order valence-electron chi connectivity index (χ3n) is 3.69. The molecule has 0 spiro atoms. The zero-order chi connectivity index (χ0) is 18.5. The number of aliphatic hydroxyl groups is 1. The Balaban J connectivity index is 1.72. The van der Waals surface area contributed by atoms with Crippen LogP contribution in [-0.4, -0.2) is 27.7 Å².